The van der Waals surface area contributed by atoms with Crippen LogP contribution in [0.5, 0.6) is 0 Å². The van der Waals surface area contributed by atoms with E-state index in [2.05, 4.69) is 10.3 Å². The van der Waals surface area contributed by atoms with Gasteiger partial charge in [-0.25, -0.2) is 13.8 Å². The molecule has 4 aromatic rings. The van der Waals surface area contributed by atoms with Crippen LogP contribution in [-0.2, 0) is 0 Å². The molecule has 9 heteroatoms. The predicted octanol–water partition coefficient (Wildman–Crippen LogP) is 5.31. The number of carbonyl (C=O) groups excluding carboxylic acids is 2. The Kier molecular flexibility index (Phi) is 7.14. The Bertz CT molecular complexity index is 1550. The number of thioether (sulfide) groups is 1. The van der Waals surface area contributed by atoms with Gasteiger partial charge in [-0.15, -0.1) is 0 Å². The van der Waals surface area contributed by atoms with Crippen LogP contribution in [-0.4, -0.2) is 33.0 Å². The van der Waals surface area contributed by atoms with Crippen molar-refractivity contribution >= 4 is 34.4 Å². The molecule has 0 atom stereocenters. The molecule has 0 saturated heterocycles. The summed E-state index contributed by atoms with van der Waals surface area (Å²) in [6.45, 7) is 0. The molecule has 1 aliphatic carbocycles. The Morgan fingerprint density at radius 1 is 0.946 bits per heavy atom. The Hall–Kier alpha value is -3.85. The fourth-order valence-corrected chi connectivity index (χ4v) is 5.34. The van der Waals surface area contributed by atoms with E-state index < -0.39 is 17.2 Å². The maximum atomic E-state index is 14.0. The lowest BCUT2D eigenvalue weighted by Crippen LogP contribution is -2.32. The first kappa shape index (κ1) is 24.8. The SMILES string of the molecule is O=C(CSc1nc2cc(C(=O)NC3CCCC3)ccc2c(=O)n1-c1cccc(F)c1)c1ccc(F)cc1. The smallest absolute Gasteiger partial charge is 0.266 e. The van der Waals surface area contributed by atoms with Gasteiger partial charge in [-0.2, -0.15) is 0 Å². The minimum absolute atomic E-state index is 0.0826. The number of benzene rings is 3. The van der Waals surface area contributed by atoms with E-state index in [4.69, 9.17) is 0 Å². The Morgan fingerprint density at radius 2 is 1.68 bits per heavy atom. The van der Waals surface area contributed by atoms with Crippen molar-refractivity contribution in [2.45, 2.75) is 36.9 Å². The summed E-state index contributed by atoms with van der Waals surface area (Å²) in [6, 6.07) is 15.5. The predicted molar refractivity (Wildman–Crippen MR) is 138 cm³/mol. The third-order valence-corrected chi connectivity index (χ3v) is 7.29. The molecule has 1 aromatic heterocycles. The number of hydrogen-bond donors (Lipinski definition) is 1. The molecule has 6 nitrogen and oxygen atoms in total. The highest BCUT2D eigenvalue weighted by Gasteiger charge is 2.20. The van der Waals surface area contributed by atoms with Crippen molar-refractivity contribution in [1.82, 2.24) is 14.9 Å². The first-order valence-electron chi connectivity index (χ1n) is 11.9. The highest BCUT2D eigenvalue weighted by atomic mass is 32.2. The van der Waals surface area contributed by atoms with Crippen molar-refractivity contribution in [3.63, 3.8) is 0 Å². The molecule has 1 amide bonds. The summed E-state index contributed by atoms with van der Waals surface area (Å²) in [7, 11) is 0. The van der Waals surface area contributed by atoms with Gasteiger partial charge in [-0.3, -0.25) is 19.0 Å². The molecule has 1 saturated carbocycles. The molecular formula is C28H23F2N3O3S. The molecule has 1 N–H and O–H groups in total. The van der Waals surface area contributed by atoms with E-state index in [0.29, 0.717) is 16.6 Å². The number of nitrogens with zero attached hydrogens (tertiary/aromatic N) is 2. The molecule has 5 rings (SSSR count). The largest absolute Gasteiger partial charge is 0.349 e. The number of carbonyl (C=O) groups is 2. The van der Waals surface area contributed by atoms with Crippen molar-refractivity contribution in [3.05, 3.63) is 99.8 Å². The van der Waals surface area contributed by atoms with Gasteiger partial charge in [-0.1, -0.05) is 30.7 Å². The molecule has 0 radical (unpaired) electrons. The third kappa shape index (κ3) is 5.46. The van der Waals surface area contributed by atoms with Gasteiger partial charge in [0.05, 0.1) is 22.3 Å². The monoisotopic (exact) mass is 519 g/mol. The molecule has 0 bridgehead atoms. The summed E-state index contributed by atoms with van der Waals surface area (Å²) in [5.41, 5.74) is 0.816. The summed E-state index contributed by atoms with van der Waals surface area (Å²) in [5.74, 6) is -1.57. The number of nitrogens with one attached hydrogen (secondary N) is 1. The van der Waals surface area contributed by atoms with Gasteiger partial charge < -0.3 is 5.32 Å². The maximum absolute atomic E-state index is 14.0. The van der Waals surface area contributed by atoms with E-state index in [0.717, 1.165) is 37.4 Å². The van der Waals surface area contributed by atoms with Gasteiger partial charge in [0.15, 0.2) is 10.9 Å². The molecule has 3 aromatic carbocycles. The average Bonchev–Trinajstić information content (AvgIpc) is 3.40. The van der Waals surface area contributed by atoms with E-state index in [9.17, 15) is 23.2 Å². The van der Waals surface area contributed by atoms with Crippen LogP contribution in [0.3, 0.4) is 0 Å². The zero-order chi connectivity index (χ0) is 25.9. The van der Waals surface area contributed by atoms with Crippen LogP contribution >= 0.6 is 11.8 Å². The lowest BCUT2D eigenvalue weighted by Gasteiger charge is -2.15. The molecule has 188 valence electrons. The van der Waals surface area contributed by atoms with E-state index in [1.165, 1.54) is 47.0 Å². The van der Waals surface area contributed by atoms with Crippen LogP contribution < -0.4 is 10.9 Å². The first-order valence-corrected chi connectivity index (χ1v) is 12.9. The van der Waals surface area contributed by atoms with Crippen LogP contribution in [0.4, 0.5) is 8.78 Å². The summed E-state index contributed by atoms with van der Waals surface area (Å²) in [6.07, 6.45) is 4.06. The Morgan fingerprint density at radius 3 is 2.41 bits per heavy atom. The van der Waals surface area contributed by atoms with E-state index in [1.807, 2.05) is 0 Å². The average molecular weight is 520 g/mol. The van der Waals surface area contributed by atoms with E-state index in [1.54, 1.807) is 24.3 Å². The topological polar surface area (TPSA) is 81.1 Å². The quantitative estimate of drug-likeness (QED) is 0.203. The number of halogens is 2. The van der Waals surface area contributed by atoms with Gasteiger partial charge in [0, 0.05) is 17.2 Å². The number of rotatable bonds is 7. The second-order valence-electron chi connectivity index (χ2n) is 8.92. The number of ketones is 1. The van der Waals surface area contributed by atoms with Crippen LogP contribution in [0.1, 0.15) is 46.4 Å². The first-order chi connectivity index (χ1) is 17.9. The van der Waals surface area contributed by atoms with Gasteiger partial charge in [-0.05, 0) is 73.5 Å². The zero-order valence-corrected chi connectivity index (χ0v) is 20.6. The zero-order valence-electron chi connectivity index (χ0n) is 19.7. The molecular weight excluding hydrogens is 496 g/mol. The maximum Gasteiger partial charge on any atom is 0.266 e. The van der Waals surface area contributed by atoms with Gasteiger partial charge in [0.25, 0.3) is 11.5 Å². The van der Waals surface area contributed by atoms with Crippen molar-refractivity contribution in [2.75, 3.05) is 5.75 Å². The lowest BCUT2D eigenvalue weighted by molar-refractivity contribution is 0.0937. The van der Waals surface area contributed by atoms with Crippen molar-refractivity contribution in [1.29, 1.82) is 0 Å². The second-order valence-corrected chi connectivity index (χ2v) is 9.86. The molecule has 1 aliphatic rings. The van der Waals surface area contributed by atoms with E-state index in [-0.39, 0.29) is 39.7 Å². The summed E-state index contributed by atoms with van der Waals surface area (Å²) >= 11 is 1.01. The summed E-state index contributed by atoms with van der Waals surface area (Å²) in [5, 5.41) is 3.46. The van der Waals surface area contributed by atoms with E-state index >= 15 is 0 Å². The van der Waals surface area contributed by atoms with Crippen LogP contribution in [0.25, 0.3) is 16.6 Å². The standard InChI is InChI=1S/C28H23F2N3O3S/c29-19-11-8-17(9-12-19)25(34)16-37-28-32-24-14-18(26(35)31-21-5-1-2-6-21)10-13-23(24)27(36)33(28)22-7-3-4-20(30)15-22/h3-4,7-15,21H,1-2,5-6,16H2,(H,31,35). The molecule has 0 aliphatic heterocycles. The van der Waals surface area contributed by atoms with Crippen LogP contribution in [0.2, 0.25) is 0 Å². The molecule has 0 unspecified atom stereocenters. The molecule has 37 heavy (non-hydrogen) atoms. The second kappa shape index (κ2) is 10.6. The minimum atomic E-state index is -0.526. The number of aromatic nitrogens is 2. The fraction of sp³-hybridized carbons (Fsp3) is 0.214. The van der Waals surface area contributed by atoms with Gasteiger partial charge in [0.1, 0.15) is 11.6 Å². The summed E-state index contributed by atoms with van der Waals surface area (Å²) < 4.78 is 28.5. The van der Waals surface area contributed by atoms with Gasteiger partial charge in [0.2, 0.25) is 0 Å². The summed E-state index contributed by atoms with van der Waals surface area (Å²) in [4.78, 5) is 43.7. The molecule has 0 spiro atoms. The van der Waals surface area contributed by atoms with Crippen molar-refractivity contribution < 1.29 is 18.4 Å². The number of hydrogen-bond acceptors (Lipinski definition) is 5. The lowest BCUT2D eigenvalue weighted by atomic mass is 10.1. The molecule has 1 heterocycles. The van der Waals surface area contributed by atoms with Crippen molar-refractivity contribution in [3.8, 4) is 5.69 Å². The number of Topliss-reactive ketones (excluding diaryl/α,β-unsaturated/α-hetero) is 1. The highest BCUT2D eigenvalue weighted by molar-refractivity contribution is 7.99. The number of fused-ring (bicyclic) bond motifs is 1. The third-order valence-electron chi connectivity index (χ3n) is 6.36. The Labute approximate surface area is 215 Å². The Balaban J connectivity index is 1.53. The van der Waals surface area contributed by atoms with Crippen molar-refractivity contribution in [2.24, 2.45) is 0 Å². The van der Waals surface area contributed by atoms with Gasteiger partial charge >= 0.3 is 0 Å². The normalized spacial score (nSPS) is 13.7. The number of amides is 1. The highest BCUT2D eigenvalue weighted by Crippen LogP contribution is 2.24. The fourth-order valence-electron chi connectivity index (χ4n) is 4.43. The van der Waals surface area contributed by atoms with Crippen LogP contribution in [0.15, 0.2) is 76.7 Å². The van der Waals surface area contributed by atoms with Crippen LogP contribution in [0, 0.1) is 11.6 Å². The molecule has 1 fully saturated rings. The minimum Gasteiger partial charge on any atom is -0.349 e.